The summed E-state index contributed by atoms with van der Waals surface area (Å²) in [6, 6.07) is 2.87. The van der Waals surface area contributed by atoms with Crippen LogP contribution in [-0.2, 0) is 6.18 Å². The quantitative estimate of drug-likeness (QED) is 0.459. The Hall–Kier alpha value is -3.22. The molecule has 36 heavy (non-hydrogen) atoms. The number of alkyl halides is 5. The Balaban J connectivity index is 1.60. The average Bonchev–Trinajstić information content (AvgIpc) is 3.19. The van der Waals surface area contributed by atoms with Crippen LogP contribution in [-0.4, -0.2) is 55.8 Å². The molecule has 1 amide bonds. The minimum Gasteiger partial charge on any atom is -0.352 e. The monoisotopic (exact) mass is 526 g/mol. The molecule has 1 fully saturated rings. The predicted octanol–water partition coefficient (Wildman–Crippen LogP) is 5.23. The van der Waals surface area contributed by atoms with Gasteiger partial charge in [0.25, 0.3) is 11.8 Å². The summed E-state index contributed by atoms with van der Waals surface area (Å²) in [4.78, 5) is 31.2. The number of amides is 1. The van der Waals surface area contributed by atoms with E-state index in [9.17, 15) is 26.7 Å². The molecule has 1 aliphatic heterocycles. The van der Waals surface area contributed by atoms with Crippen LogP contribution in [0.4, 0.5) is 27.9 Å². The van der Waals surface area contributed by atoms with E-state index in [-0.39, 0.29) is 18.2 Å². The zero-order valence-electron chi connectivity index (χ0n) is 19.6. The molecule has 1 aliphatic rings. The van der Waals surface area contributed by atoms with Crippen LogP contribution < -0.4 is 5.32 Å². The third-order valence-electron chi connectivity index (χ3n) is 5.87. The lowest BCUT2D eigenvalue weighted by Gasteiger charge is -2.43. The van der Waals surface area contributed by atoms with Crippen LogP contribution >= 0.6 is 11.3 Å². The highest BCUT2D eigenvalue weighted by Gasteiger charge is 2.47. The fourth-order valence-electron chi connectivity index (χ4n) is 4.12. The topological polar surface area (TPSA) is 83.9 Å². The van der Waals surface area contributed by atoms with E-state index in [1.165, 1.54) is 11.3 Å². The SMILES string of the molecule is Cc1ccc(-c2sc(C)nc2C(=O)N2CC(F)(F)C[C@@H](C)C2CNc2ncc(C(F)(F)F)cn2)nc1. The molecule has 1 saturated heterocycles. The minimum absolute atomic E-state index is 0.0322. The number of halogens is 5. The minimum atomic E-state index is -4.58. The van der Waals surface area contributed by atoms with Crippen molar-refractivity contribution >= 4 is 23.2 Å². The fourth-order valence-corrected chi connectivity index (χ4v) is 5.01. The van der Waals surface area contributed by atoms with Gasteiger partial charge in [-0.3, -0.25) is 9.78 Å². The largest absolute Gasteiger partial charge is 0.419 e. The van der Waals surface area contributed by atoms with Crippen LogP contribution in [0.3, 0.4) is 0 Å². The number of anilines is 1. The summed E-state index contributed by atoms with van der Waals surface area (Å²) >= 11 is 1.24. The second-order valence-corrected chi connectivity index (χ2v) is 10.0. The van der Waals surface area contributed by atoms with Gasteiger partial charge in [0.2, 0.25) is 5.95 Å². The summed E-state index contributed by atoms with van der Waals surface area (Å²) in [5.41, 5.74) is 0.467. The number of rotatable bonds is 5. The smallest absolute Gasteiger partial charge is 0.352 e. The highest BCUT2D eigenvalue weighted by Crippen LogP contribution is 2.37. The van der Waals surface area contributed by atoms with Crippen molar-refractivity contribution in [2.75, 3.05) is 18.4 Å². The Morgan fingerprint density at radius 2 is 1.86 bits per heavy atom. The molecular formula is C23H23F5N6OS. The van der Waals surface area contributed by atoms with Crippen molar-refractivity contribution in [3.8, 4) is 10.6 Å². The van der Waals surface area contributed by atoms with Crippen molar-refractivity contribution in [1.29, 1.82) is 0 Å². The highest BCUT2D eigenvalue weighted by atomic mass is 32.1. The number of carbonyl (C=O) groups excluding carboxylic acids is 1. The summed E-state index contributed by atoms with van der Waals surface area (Å²) < 4.78 is 67.5. The third kappa shape index (κ3) is 5.61. The predicted molar refractivity (Wildman–Crippen MR) is 124 cm³/mol. The molecule has 4 rings (SSSR count). The van der Waals surface area contributed by atoms with Crippen LogP contribution in [0, 0.1) is 19.8 Å². The first-order valence-electron chi connectivity index (χ1n) is 11.1. The number of piperidine rings is 1. The van der Waals surface area contributed by atoms with Crippen LogP contribution in [0.2, 0.25) is 0 Å². The molecule has 0 saturated carbocycles. The third-order valence-corrected chi connectivity index (χ3v) is 6.86. The zero-order valence-corrected chi connectivity index (χ0v) is 20.4. The van der Waals surface area contributed by atoms with Gasteiger partial charge in [-0.25, -0.2) is 23.7 Å². The summed E-state index contributed by atoms with van der Waals surface area (Å²) in [5, 5.41) is 3.37. The summed E-state index contributed by atoms with van der Waals surface area (Å²) in [7, 11) is 0. The molecule has 0 bridgehead atoms. The van der Waals surface area contributed by atoms with Gasteiger partial charge in [-0.15, -0.1) is 11.3 Å². The molecule has 1 N–H and O–H groups in total. The lowest BCUT2D eigenvalue weighted by atomic mass is 9.88. The number of thiazole rings is 1. The van der Waals surface area contributed by atoms with Crippen LogP contribution in [0.25, 0.3) is 10.6 Å². The second-order valence-electron chi connectivity index (χ2n) is 8.84. The molecule has 1 unspecified atom stereocenters. The van der Waals surface area contributed by atoms with Gasteiger partial charge in [-0.05, 0) is 31.4 Å². The van der Waals surface area contributed by atoms with Gasteiger partial charge >= 0.3 is 6.18 Å². The molecule has 3 aromatic heterocycles. The zero-order chi connectivity index (χ0) is 26.3. The first-order valence-corrected chi connectivity index (χ1v) is 11.9. The first-order chi connectivity index (χ1) is 16.8. The van der Waals surface area contributed by atoms with Gasteiger partial charge in [0.1, 0.15) is 5.69 Å². The van der Waals surface area contributed by atoms with Crippen molar-refractivity contribution in [3.63, 3.8) is 0 Å². The van der Waals surface area contributed by atoms with E-state index in [1.807, 2.05) is 13.0 Å². The van der Waals surface area contributed by atoms with Gasteiger partial charge in [-0.2, -0.15) is 13.2 Å². The number of nitrogens with zero attached hydrogens (tertiary/aromatic N) is 5. The maximum atomic E-state index is 14.6. The molecular weight excluding hydrogens is 503 g/mol. The number of likely N-dealkylation sites (tertiary alicyclic amines) is 1. The van der Waals surface area contributed by atoms with Gasteiger partial charge < -0.3 is 10.2 Å². The van der Waals surface area contributed by atoms with E-state index in [0.717, 1.165) is 10.5 Å². The van der Waals surface area contributed by atoms with Gasteiger partial charge in [0.05, 0.1) is 33.7 Å². The molecule has 3 aromatic rings. The van der Waals surface area contributed by atoms with Crippen molar-refractivity contribution in [2.45, 2.75) is 45.3 Å². The van der Waals surface area contributed by atoms with E-state index >= 15 is 0 Å². The Bertz CT molecular complexity index is 1230. The summed E-state index contributed by atoms with van der Waals surface area (Å²) in [5.74, 6) is -4.50. The van der Waals surface area contributed by atoms with Crippen LogP contribution in [0.1, 0.15) is 40.0 Å². The van der Waals surface area contributed by atoms with Crippen molar-refractivity contribution in [2.24, 2.45) is 5.92 Å². The second kappa shape index (κ2) is 9.68. The molecule has 0 spiro atoms. The fraction of sp³-hybridized carbons (Fsp3) is 0.435. The Kier molecular flexibility index (Phi) is 6.95. The Labute approximate surface area is 207 Å². The molecule has 7 nitrogen and oxygen atoms in total. The molecule has 192 valence electrons. The average molecular weight is 527 g/mol. The van der Waals surface area contributed by atoms with E-state index < -0.39 is 48.5 Å². The van der Waals surface area contributed by atoms with E-state index in [4.69, 9.17) is 0 Å². The van der Waals surface area contributed by atoms with Crippen molar-refractivity contribution in [1.82, 2.24) is 24.8 Å². The highest BCUT2D eigenvalue weighted by molar-refractivity contribution is 7.15. The Morgan fingerprint density at radius 1 is 1.17 bits per heavy atom. The summed E-state index contributed by atoms with van der Waals surface area (Å²) in [6.07, 6.45) is -2.11. The Morgan fingerprint density at radius 3 is 2.47 bits per heavy atom. The molecule has 0 radical (unpaired) electrons. The molecule has 13 heteroatoms. The van der Waals surface area contributed by atoms with E-state index in [0.29, 0.717) is 28.0 Å². The summed E-state index contributed by atoms with van der Waals surface area (Å²) in [6.45, 7) is 4.34. The molecule has 0 aromatic carbocycles. The normalized spacial score (nSPS) is 19.8. The maximum Gasteiger partial charge on any atom is 0.419 e. The lowest BCUT2D eigenvalue weighted by Crippen LogP contribution is -2.57. The van der Waals surface area contributed by atoms with Gasteiger partial charge in [0, 0.05) is 31.6 Å². The van der Waals surface area contributed by atoms with Gasteiger partial charge in [0.15, 0.2) is 0 Å². The van der Waals surface area contributed by atoms with Crippen LogP contribution in [0.15, 0.2) is 30.7 Å². The number of pyridine rings is 1. The number of aryl methyl sites for hydroxylation is 2. The number of nitrogens with one attached hydrogen (secondary N) is 1. The molecule has 0 aliphatic carbocycles. The first kappa shape index (κ1) is 25.9. The number of carbonyl (C=O) groups is 1. The van der Waals surface area contributed by atoms with Crippen molar-refractivity contribution in [3.05, 3.63) is 52.6 Å². The standard InChI is InChI=1S/C23H23F5N6OS/c1-12-4-5-16(29-7-12)19-18(33-14(3)36-19)20(35)34-11-22(24,25)6-13(2)17(34)10-32-21-30-8-15(9-31-21)23(26,27)28/h4-5,7-9,13,17H,6,10-11H2,1-3H3,(H,30,31,32)/t13-,17?/m1/s1. The number of hydrogen-bond acceptors (Lipinski definition) is 7. The van der Waals surface area contributed by atoms with E-state index in [1.54, 1.807) is 26.1 Å². The van der Waals surface area contributed by atoms with Crippen LogP contribution in [0.5, 0.6) is 0 Å². The number of hydrogen-bond donors (Lipinski definition) is 1. The molecule has 4 heterocycles. The van der Waals surface area contributed by atoms with Crippen molar-refractivity contribution < 1.29 is 26.7 Å². The number of aromatic nitrogens is 4. The van der Waals surface area contributed by atoms with E-state index in [2.05, 4.69) is 25.3 Å². The lowest BCUT2D eigenvalue weighted by molar-refractivity contribution is -0.138. The maximum absolute atomic E-state index is 14.6. The van der Waals surface area contributed by atoms with Gasteiger partial charge in [-0.1, -0.05) is 13.0 Å². The molecule has 2 atom stereocenters.